The van der Waals surface area contributed by atoms with Crippen molar-refractivity contribution in [2.45, 2.75) is 18.8 Å². The van der Waals surface area contributed by atoms with E-state index in [1.807, 2.05) is 35.0 Å². The molecule has 0 bridgehead atoms. The topological polar surface area (TPSA) is 46.9 Å². The first-order chi connectivity index (χ1) is 8.65. The maximum Gasteiger partial charge on any atom is 0.242 e. The lowest BCUT2D eigenvalue weighted by Crippen LogP contribution is -2.20. The Bertz CT molecular complexity index is 523. The normalized spacial score (nSPS) is 12.1. The number of aromatic nitrogens is 2. The van der Waals surface area contributed by atoms with Gasteiger partial charge in [0.15, 0.2) is 0 Å². The fourth-order valence-electron chi connectivity index (χ4n) is 1.58. The molecule has 2 rings (SSSR count). The monoisotopic (exact) mass is 263 g/mol. The zero-order chi connectivity index (χ0) is 13.0. The molecular formula is C13H14ClN3O. The van der Waals surface area contributed by atoms with Gasteiger partial charge in [0, 0.05) is 24.6 Å². The molecule has 0 saturated carbocycles. The molecule has 1 aromatic carbocycles. The molecule has 4 nitrogen and oxygen atoms in total. The van der Waals surface area contributed by atoms with E-state index in [4.69, 9.17) is 11.6 Å². The van der Waals surface area contributed by atoms with Crippen molar-refractivity contribution in [3.05, 3.63) is 48.5 Å². The highest BCUT2D eigenvalue weighted by Crippen LogP contribution is 2.13. The second kappa shape index (κ2) is 5.69. The average molecular weight is 264 g/mol. The van der Waals surface area contributed by atoms with Crippen molar-refractivity contribution in [1.82, 2.24) is 9.55 Å². The van der Waals surface area contributed by atoms with Crippen LogP contribution >= 0.6 is 11.6 Å². The molecule has 94 valence electrons. The minimum Gasteiger partial charge on any atom is -0.333 e. The molecule has 2 aromatic rings. The number of nitrogens with zero attached hydrogens (tertiary/aromatic N) is 2. The van der Waals surface area contributed by atoms with Gasteiger partial charge >= 0.3 is 0 Å². The highest BCUT2D eigenvalue weighted by atomic mass is 35.5. The lowest BCUT2D eigenvalue weighted by Gasteiger charge is -2.08. The predicted octanol–water partition coefficient (Wildman–Crippen LogP) is 2.50. The van der Waals surface area contributed by atoms with Gasteiger partial charge in [-0.1, -0.05) is 12.1 Å². The van der Waals surface area contributed by atoms with Gasteiger partial charge in [0.2, 0.25) is 5.91 Å². The van der Waals surface area contributed by atoms with Crippen LogP contribution in [0, 0.1) is 0 Å². The number of amides is 1. The Morgan fingerprint density at radius 1 is 1.56 bits per heavy atom. The number of carbonyl (C=O) groups excluding carboxylic acids is 1. The SMILES string of the molecule is CC(Cl)C(=O)Nc1cccc(Cn2ccnc2)c1. The van der Waals surface area contributed by atoms with Gasteiger partial charge in [0.05, 0.1) is 6.33 Å². The molecule has 0 saturated heterocycles. The summed E-state index contributed by atoms with van der Waals surface area (Å²) in [5.41, 5.74) is 1.85. The molecule has 0 fully saturated rings. The van der Waals surface area contributed by atoms with E-state index in [0.717, 1.165) is 17.8 Å². The van der Waals surface area contributed by atoms with Crippen LogP contribution in [0.25, 0.3) is 0 Å². The Balaban J connectivity index is 2.08. The zero-order valence-corrected chi connectivity index (χ0v) is 10.8. The lowest BCUT2D eigenvalue weighted by atomic mass is 10.2. The summed E-state index contributed by atoms with van der Waals surface area (Å²) in [6, 6.07) is 7.67. The first kappa shape index (κ1) is 12.6. The number of hydrogen-bond acceptors (Lipinski definition) is 2. The summed E-state index contributed by atoms with van der Waals surface area (Å²) in [5.74, 6) is -0.198. The van der Waals surface area contributed by atoms with Crippen LogP contribution in [0.2, 0.25) is 0 Å². The van der Waals surface area contributed by atoms with E-state index in [2.05, 4.69) is 10.3 Å². The van der Waals surface area contributed by atoms with E-state index in [1.165, 1.54) is 0 Å². The molecule has 1 atom stereocenters. The summed E-state index contributed by atoms with van der Waals surface area (Å²) >= 11 is 5.71. The largest absolute Gasteiger partial charge is 0.333 e. The third-order valence-electron chi connectivity index (χ3n) is 2.48. The number of halogens is 1. The molecule has 1 amide bonds. The predicted molar refractivity (Wildman–Crippen MR) is 71.7 cm³/mol. The number of carbonyl (C=O) groups is 1. The van der Waals surface area contributed by atoms with Crippen molar-refractivity contribution in [3.63, 3.8) is 0 Å². The maximum atomic E-state index is 11.5. The lowest BCUT2D eigenvalue weighted by molar-refractivity contribution is -0.115. The molecule has 18 heavy (non-hydrogen) atoms. The molecule has 1 N–H and O–H groups in total. The van der Waals surface area contributed by atoms with Gasteiger partial charge in [0.25, 0.3) is 0 Å². The van der Waals surface area contributed by atoms with Crippen LogP contribution in [-0.2, 0) is 11.3 Å². The second-order valence-electron chi connectivity index (χ2n) is 4.04. The second-order valence-corrected chi connectivity index (χ2v) is 4.70. The van der Waals surface area contributed by atoms with Gasteiger partial charge in [-0.05, 0) is 24.6 Å². The molecule has 0 radical (unpaired) electrons. The molecular weight excluding hydrogens is 250 g/mol. The van der Waals surface area contributed by atoms with Crippen LogP contribution < -0.4 is 5.32 Å². The van der Waals surface area contributed by atoms with Crippen LogP contribution in [0.4, 0.5) is 5.69 Å². The van der Waals surface area contributed by atoms with Crippen molar-refractivity contribution in [3.8, 4) is 0 Å². The van der Waals surface area contributed by atoms with Crippen LogP contribution in [-0.4, -0.2) is 20.8 Å². The van der Waals surface area contributed by atoms with Crippen LogP contribution in [0.15, 0.2) is 43.0 Å². The number of alkyl halides is 1. The van der Waals surface area contributed by atoms with Gasteiger partial charge in [-0.15, -0.1) is 11.6 Å². The molecule has 1 unspecified atom stereocenters. The maximum absolute atomic E-state index is 11.5. The molecule has 0 aliphatic carbocycles. The fourth-order valence-corrected chi connectivity index (χ4v) is 1.63. The van der Waals surface area contributed by atoms with Crippen LogP contribution in [0.3, 0.4) is 0 Å². The number of imidazole rings is 1. The fraction of sp³-hybridized carbons (Fsp3) is 0.231. The number of nitrogens with one attached hydrogen (secondary N) is 1. The Kier molecular flexibility index (Phi) is 3.99. The molecule has 5 heteroatoms. The highest BCUT2D eigenvalue weighted by Gasteiger charge is 2.09. The zero-order valence-electron chi connectivity index (χ0n) is 10.0. The van der Waals surface area contributed by atoms with Crippen molar-refractivity contribution >= 4 is 23.2 Å². The minimum absolute atomic E-state index is 0.198. The quantitative estimate of drug-likeness (QED) is 0.862. The summed E-state index contributed by atoms with van der Waals surface area (Å²) in [6.45, 7) is 2.37. The molecule has 1 heterocycles. The summed E-state index contributed by atoms with van der Waals surface area (Å²) < 4.78 is 1.96. The Morgan fingerprint density at radius 2 is 2.39 bits per heavy atom. The number of anilines is 1. The van der Waals surface area contributed by atoms with Crippen molar-refractivity contribution < 1.29 is 4.79 Å². The Morgan fingerprint density at radius 3 is 3.06 bits per heavy atom. The van der Waals surface area contributed by atoms with E-state index in [9.17, 15) is 4.79 Å². The number of rotatable bonds is 4. The van der Waals surface area contributed by atoms with Crippen molar-refractivity contribution in [2.75, 3.05) is 5.32 Å². The first-order valence-corrected chi connectivity index (χ1v) is 6.08. The molecule has 0 aliphatic heterocycles. The van der Waals surface area contributed by atoms with Gasteiger partial charge in [-0.3, -0.25) is 4.79 Å². The van der Waals surface area contributed by atoms with Gasteiger partial charge < -0.3 is 9.88 Å². The van der Waals surface area contributed by atoms with Gasteiger partial charge in [-0.25, -0.2) is 4.98 Å². The van der Waals surface area contributed by atoms with E-state index in [1.54, 1.807) is 19.4 Å². The van der Waals surface area contributed by atoms with Crippen LogP contribution in [0.5, 0.6) is 0 Å². The highest BCUT2D eigenvalue weighted by molar-refractivity contribution is 6.32. The summed E-state index contributed by atoms with van der Waals surface area (Å²) in [7, 11) is 0. The van der Waals surface area contributed by atoms with Crippen molar-refractivity contribution in [1.29, 1.82) is 0 Å². The minimum atomic E-state index is -0.540. The molecule has 0 spiro atoms. The van der Waals surface area contributed by atoms with Crippen molar-refractivity contribution in [2.24, 2.45) is 0 Å². The summed E-state index contributed by atoms with van der Waals surface area (Å²) in [5, 5.41) is 2.23. The van der Waals surface area contributed by atoms with Crippen LogP contribution in [0.1, 0.15) is 12.5 Å². The van der Waals surface area contributed by atoms with Gasteiger partial charge in [-0.2, -0.15) is 0 Å². The van der Waals surface area contributed by atoms with E-state index in [-0.39, 0.29) is 5.91 Å². The van der Waals surface area contributed by atoms with Gasteiger partial charge in [0.1, 0.15) is 5.38 Å². The van der Waals surface area contributed by atoms with E-state index >= 15 is 0 Å². The number of benzene rings is 1. The number of hydrogen-bond donors (Lipinski definition) is 1. The Labute approximate surface area is 111 Å². The van der Waals surface area contributed by atoms with E-state index in [0.29, 0.717) is 0 Å². The molecule has 1 aromatic heterocycles. The smallest absolute Gasteiger partial charge is 0.242 e. The molecule has 0 aliphatic rings. The third-order valence-corrected chi connectivity index (χ3v) is 2.68. The Hall–Kier alpha value is -1.81. The first-order valence-electron chi connectivity index (χ1n) is 5.65. The third kappa shape index (κ3) is 3.34. The summed E-state index contributed by atoms with van der Waals surface area (Å²) in [6.07, 6.45) is 5.39. The average Bonchev–Trinajstić information content (AvgIpc) is 2.82. The van der Waals surface area contributed by atoms with E-state index < -0.39 is 5.38 Å². The summed E-state index contributed by atoms with van der Waals surface area (Å²) in [4.78, 5) is 15.5. The standard InChI is InChI=1S/C13H14ClN3O/c1-10(14)13(18)16-12-4-2-3-11(7-12)8-17-6-5-15-9-17/h2-7,9-10H,8H2,1H3,(H,16,18).